The summed E-state index contributed by atoms with van der Waals surface area (Å²) in [5.41, 5.74) is 2.30. The summed E-state index contributed by atoms with van der Waals surface area (Å²) < 4.78 is 1.02. The minimum absolute atomic E-state index is 0.0623. The number of halogens is 1. The summed E-state index contributed by atoms with van der Waals surface area (Å²) in [5, 5.41) is 10.1. The molecule has 1 aromatic carbocycles. The minimum Gasteiger partial charge on any atom is -0.348 e. The Morgan fingerprint density at radius 2 is 1.95 bits per heavy atom. The monoisotopic (exact) mass is 333 g/mol. The lowest BCUT2D eigenvalue weighted by Crippen LogP contribution is -2.32. The van der Waals surface area contributed by atoms with E-state index >= 15 is 0 Å². The maximum absolute atomic E-state index is 12.1. The fourth-order valence-electron chi connectivity index (χ4n) is 2.54. The van der Waals surface area contributed by atoms with Gasteiger partial charge >= 0.3 is 0 Å². The first kappa shape index (κ1) is 13.4. The van der Waals surface area contributed by atoms with E-state index < -0.39 is 0 Å². The Morgan fingerprint density at radius 3 is 2.65 bits per heavy atom. The van der Waals surface area contributed by atoms with Gasteiger partial charge in [0.15, 0.2) is 0 Å². The highest BCUT2D eigenvalue weighted by atomic mass is 79.9. The summed E-state index contributed by atoms with van der Waals surface area (Å²) in [6.07, 6.45) is 4.58. The number of hydrogen-bond donors (Lipinski definition) is 2. The summed E-state index contributed by atoms with van der Waals surface area (Å²) >= 11 is 3.40. The topological polar surface area (TPSA) is 57.8 Å². The molecule has 4 nitrogen and oxygen atoms in total. The second kappa shape index (κ2) is 5.79. The second-order valence-corrected chi connectivity index (χ2v) is 6.04. The van der Waals surface area contributed by atoms with Gasteiger partial charge in [0.05, 0.1) is 5.69 Å². The lowest BCUT2D eigenvalue weighted by molar-refractivity contribution is 0.0933. The molecule has 2 N–H and O–H groups in total. The molecule has 1 fully saturated rings. The van der Waals surface area contributed by atoms with Crippen molar-refractivity contribution in [2.45, 2.75) is 31.7 Å². The molecule has 0 aliphatic heterocycles. The lowest BCUT2D eigenvalue weighted by atomic mass is 10.1. The third kappa shape index (κ3) is 2.93. The molecule has 5 heteroatoms. The van der Waals surface area contributed by atoms with Gasteiger partial charge in [0.1, 0.15) is 5.69 Å². The molecule has 1 aromatic heterocycles. The molecular formula is C15H16BrN3O. The standard InChI is InChI=1S/C15H16BrN3O/c16-11-7-5-10(6-8-11)13-9-14(19-18-13)15(20)17-12-3-1-2-4-12/h5-9,12H,1-4H2,(H,17,20)(H,18,19). The van der Waals surface area contributed by atoms with Gasteiger partial charge in [-0.25, -0.2) is 0 Å². The second-order valence-electron chi connectivity index (χ2n) is 5.13. The van der Waals surface area contributed by atoms with Gasteiger partial charge in [-0.1, -0.05) is 40.9 Å². The average Bonchev–Trinajstić information content (AvgIpc) is 3.10. The number of hydrogen-bond acceptors (Lipinski definition) is 2. The number of rotatable bonds is 3. The Labute approximate surface area is 126 Å². The number of carbonyl (C=O) groups is 1. The summed E-state index contributed by atoms with van der Waals surface area (Å²) in [7, 11) is 0. The third-order valence-corrected chi connectivity index (χ3v) is 4.18. The van der Waals surface area contributed by atoms with Crippen LogP contribution in [0.25, 0.3) is 11.3 Å². The normalized spacial score (nSPS) is 15.4. The van der Waals surface area contributed by atoms with Crippen molar-refractivity contribution in [2.75, 3.05) is 0 Å². The van der Waals surface area contributed by atoms with E-state index in [0.29, 0.717) is 11.7 Å². The zero-order valence-electron chi connectivity index (χ0n) is 11.0. The molecule has 1 amide bonds. The van der Waals surface area contributed by atoms with Gasteiger partial charge in [0.2, 0.25) is 0 Å². The van der Waals surface area contributed by atoms with E-state index in [1.165, 1.54) is 12.8 Å². The van der Waals surface area contributed by atoms with Crippen LogP contribution in [-0.2, 0) is 0 Å². The molecule has 2 aromatic rings. The van der Waals surface area contributed by atoms with Crippen molar-refractivity contribution in [1.29, 1.82) is 0 Å². The quantitative estimate of drug-likeness (QED) is 0.902. The molecule has 1 aliphatic carbocycles. The zero-order valence-corrected chi connectivity index (χ0v) is 12.6. The SMILES string of the molecule is O=C(NC1CCCC1)c1cc(-c2ccc(Br)cc2)n[nH]1. The number of aromatic nitrogens is 2. The highest BCUT2D eigenvalue weighted by Gasteiger charge is 2.19. The van der Waals surface area contributed by atoms with Crippen molar-refractivity contribution in [1.82, 2.24) is 15.5 Å². The molecule has 20 heavy (non-hydrogen) atoms. The molecule has 0 radical (unpaired) electrons. The van der Waals surface area contributed by atoms with E-state index in [1.54, 1.807) is 6.07 Å². The van der Waals surface area contributed by atoms with Gasteiger partial charge in [-0.05, 0) is 31.0 Å². The smallest absolute Gasteiger partial charge is 0.269 e. The van der Waals surface area contributed by atoms with Crippen LogP contribution in [0.4, 0.5) is 0 Å². The van der Waals surface area contributed by atoms with Crippen molar-refractivity contribution >= 4 is 21.8 Å². The molecule has 0 unspecified atom stereocenters. The number of carbonyl (C=O) groups excluding carboxylic acids is 1. The van der Waals surface area contributed by atoms with Crippen molar-refractivity contribution in [3.8, 4) is 11.3 Å². The maximum atomic E-state index is 12.1. The predicted octanol–water partition coefficient (Wildman–Crippen LogP) is 3.51. The molecule has 1 aliphatic rings. The number of amides is 1. The molecular weight excluding hydrogens is 318 g/mol. The average molecular weight is 334 g/mol. The molecule has 0 saturated heterocycles. The van der Waals surface area contributed by atoms with Gasteiger partial charge in [0.25, 0.3) is 5.91 Å². The largest absolute Gasteiger partial charge is 0.348 e. The highest BCUT2D eigenvalue weighted by Crippen LogP contribution is 2.21. The maximum Gasteiger partial charge on any atom is 0.269 e. The van der Waals surface area contributed by atoms with Crippen LogP contribution in [0.15, 0.2) is 34.8 Å². The highest BCUT2D eigenvalue weighted by molar-refractivity contribution is 9.10. The van der Waals surface area contributed by atoms with Gasteiger partial charge in [-0.3, -0.25) is 9.89 Å². The van der Waals surface area contributed by atoms with Crippen molar-refractivity contribution in [3.05, 3.63) is 40.5 Å². The Balaban J connectivity index is 1.72. The number of nitrogens with one attached hydrogen (secondary N) is 2. The van der Waals surface area contributed by atoms with Gasteiger partial charge in [0, 0.05) is 16.1 Å². The summed E-state index contributed by atoms with van der Waals surface area (Å²) in [6, 6.07) is 9.98. The first-order valence-corrected chi connectivity index (χ1v) is 7.64. The molecule has 0 spiro atoms. The Hall–Kier alpha value is -1.62. The number of aromatic amines is 1. The van der Waals surface area contributed by atoms with E-state index in [-0.39, 0.29) is 5.91 Å². The van der Waals surface area contributed by atoms with Crippen molar-refractivity contribution in [2.24, 2.45) is 0 Å². The fourth-order valence-corrected chi connectivity index (χ4v) is 2.80. The summed E-state index contributed by atoms with van der Waals surface area (Å²) in [5.74, 6) is -0.0623. The van der Waals surface area contributed by atoms with Crippen LogP contribution in [0.3, 0.4) is 0 Å². The number of H-pyrrole nitrogens is 1. The van der Waals surface area contributed by atoms with Crippen molar-refractivity contribution in [3.63, 3.8) is 0 Å². The molecule has 0 bridgehead atoms. The van der Waals surface area contributed by atoms with Crippen LogP contribution >= 0.6 is 15.9 Å². The van der Waals surface area contributed by atoms with Gasteiger partial charge < -0.3 is 5.32 Å². The Bertz CT molecular complexity index is 600. The van der Waals surface area contributed by atoms with Crippen LogP contribution < -0.4 is 5.32 Å². The third-order valence-electron chi connectivity index (χ3n) is 3.65. The molecule has 1 saturated carbocycles. The van der Waals surface area contributed by atoms with Gasteiger partial charge in [-0.15, -0.1) is 0 Å². The number of benzene rings is 1. The van der Waals surface area contributed by atoms with Crippen LogP contribution in [0.2, 0.25) is 0 Å². The summed E-state index contributed by atoms with van der Waals surface area (Å²) in [4.78, 5) is 12.1. The van der Waals surface area contributed by atoms with Gasteiger partial charge in [-0.2, -0.15) is 5.10 Å². The van der Waals surface area contributed by atoms with E-state index in [4.69, 9.17) is 0 Å². The Kier molecular flexibility index (Phi) is 3.87. The first-order valence-electron chi connectivity index (χ1n) is 6.84. The molecule has 3 rings (SSSR count). The van der Waals surface area contributed by atoms with Crippen LogP contribution in [0, 0.1) is 0 Å². The van der Waals surface area contributed by atoms with E-state index in [2.05, 4.69) is 31.4 Å². The van der Waals surface area contributed by atoms with E-state index in [9.17, 15) is 4.79 Å². The summed E-state index contributed by atoms with van der Waals surface area (Å²) in [6.45, 7) is 0. The minimum atomic E-state index is -0.0623. The van der Waals surface area contributed by atoms with E-state index in [0.717, 1.165) is 28.6 Å². The first-order chi connectivity index (χ1) is 9.72. The van der Waals surface area contributed by atoms with Crippen LogP contribution in [0.1, 0.15) is 36.2 Å². The van der Waals surface area contributed by atoms with Crippen LogP contribution in [0.5, 0.6) is 0 Å². The number of nitrogens with zero attached hydrogens (tertiary/aromatic N) is 1. The Morgan fingerprint density at radius 1 is 1.25 bits per heavy atom. The molecule has 1 heterocycles. The predicted molar refractivity (Wildman–Crippen MR) is 81.4 cm³/mol. The fraction of sp³-hybridized carbons (Fsp3) is 0.333. The van der Waals surface area contributed by atoms with Crippen LogP contribution in [-0.4, -0.2) is 22.1 Å². The van der Waals surface area contributed by atoms with Crippen molar-refractivity contribution < 1.29 is 4.79 Å². The lowest BCUT2D eigenvalue weighted by Gasteiger charge is -2.09. The molecule has 104 valence electrons. The van der Waals surface area contributed by atoms with E-state index in [1.807, 2.05) is 24.3 Å². The molecule has 0 atom stereocenters. The zero-order chi connectivity index (χ0) is 13.9.